The van der Waals surface area contributed by atoms with Gasteiger partial charge >= 0.3 is 0 Å². The molecule has 0 aromatic heterocycles. The fraction of sp³-hybridized carbons (Fsp3) is 0.500. The first-order valence-electron chi connectivity index (χ1n) is 5.47. The number of aromatic hydroxyl groups is 1. The zero-order valence-electron chi connectivity index (χ0n) is 9.96. The van der Waals surface area contributed by atoms with Crippen LogP contribution in [-0.4, -0.2) is 24.9 Å². The van der Waals surface area contributed by atoms with Crippen LogP contribution in [0.5, 0.6) is 5.75 Å². The van der Waals surface area contributed by atoms with Gasteiger partial charge in [-0.1, -0.05) is 30.1 Å². The summed E-state index contributed by atoms with van der Waals surface area (Å²) in [6.45, 7) is 3.21. The molecule has 0 radical (unpaired) electrons. The Balaban J connectivity index is 2.68. The van der Waals surface area contributed by atoms with Gasteiger partial charge in [0.2, 0.25) is 0 Å². The summed E-state index contributed by atoms with van der Waals surface area (Å²) < 4.78 is 5.08. The normalized spacial score (nSPS) is 12.7. The third kappa shape index (κ3) is 4.36. The Kier molecular flexibility index (Phi) is 6.06. The molecule has 0 aliphatic carbocycles. The minimum atomic E-state index is 0.0795. The Morgan fingerprint density at radius 3 is 2.71 bits per heavy atom. The lowest BCUT2D eigenvalue weighted by atomic mass is 10.1. The Morgan fingerprint density at radius 1 is 1.41 bits per heavy atom. The van der Waals surface area contributed by atoms with E-state index in [1.165, 1.54) is 6.07 Å². The van der Waals surface area contributed by atoms with Gasteiger partial charge in [-0.05, 0) is 18.6 Å². The highest BCUT2D eigenvalue weighted by Crippen LogP contribution is 2.31. The predicted octanol–water partition coefficient (Wildman–Crippen LogP) is 3.21. The van der Waals surface area contributed by atoms with E-state index >= 15 is 0 Å². The van der Waals surface area contributed by atoms with Crippen molar-refractivity contribution in [1.82, 2.24) is 5.32 Å². The summed E-state index contributed by atoms with van der Waals surface area (Å²) in [5.41, 5.74) is 0.692. The summed E-state index contributed by atoms with van der Waals surface area (Å²) in [7, 11) is 1.66. The van der Waals surface area contributed by atoms with Gasteiger partial charge in [0.1, 0.15) is 5.75 Å². The average molecular weight is 278 g/mol. The zero-order valence-corrected chi connectivity index (χ0v) is 11.5. The van der Waals surface area contributed by atoms with Gasteiger partial charge in [0.25, 0.3) is 0 Å². The Labute approximate surface area is 112 Å². The second kappa shape index (κ2) is 7.07. The zero-order chi connectivity index (χ0) is 12.8. The largest absolute Gasteiger partial charge is 0.506 e. The van der Waals surface area contributed by atoms with Gasteiger partial charge in [-0.3, -0.25) is 0 Å². The molecule has 0 heterocycles. The molecule has 96 valence electrons. The maximum Gasteiger partial charge on any atom is 0.138 e. The van der Waals surface area contributed by atoms with E-state index in [2.05, 4.69) is 12.2 Å². The third-order valence-corrected chi connectivity index (χ3v) is 3.06. The summed E-state index contributed by atoms with van der Waals surface area (Å²) in [6, 6.07) is 3.47. The number of ether oxygens (including phenoxy) is 1. The first kappa shape index (κ1) is 14.6. The maximum absolute atomic E-state index is 9.78. The van der Waals surface area contributed by atoms with E-state index < -0.39 is 0 Å². The second-order valence-corrected chi connectivity index (χ2v) is 4.68. The summed E-state index contributed by atoms with van der Waals surface area (Å²) >= 11 is 11.7. The van der Waals surface area contributed by atoms with Gasteiger partial charge in [-0.15, -0.1) is 0 Å². The summed E-state index contributed by atoms with van der Waals surface area (Å²) in [5.74, 6) is 0.0795. The molecule has 0 saturated heterocycles. The third-order valence-electron chi connectivity index (χ3n) is 2.55. The van der Waals surface area contributed by atoms with Crippen molar-refractivity contribution < 1.29 is 9.84 Å². The molecule has 1 aromatic rings. The molecule has 1 aromatic carbocycles. The van der Waals surface area contributed by atoms with Crippen LogP contribution in [0.15, 0.2) is 12.1 Å². The molecule has 0 fully saturated rings. The number of phenolic OH excluding ortho intramolecular Hbond substituents is 1. The van der Waals surface area contributed by atoms with Crippen molar-refractivity contribution in [1.29, 1.82) is 0 Å². The van der Waals surface area contributed by atoms with Gasteiger partial charge in [0.15, 0.2) is 0 Å². The minimum Gasteiger partial charge on any atom is -0.506 e. The molecular formula is C12H17Cl2NO2. The van der Waals surface area contributed by atoms with E-state index in [4.69, 9.17) is 27.9 Å². The van der Waals surface area contributed by atoms with Gasteiger partial charge in [0, 0.05) is 30.3 Å². The standard InChI is InChI=1S/C12H17Cl2NO2/c1-3-10(7-17-2)15-6-8-4-9(13)5-11(14)12(8)16/h4-5,10,15-16H,3,6-7H2,1-2H3. The van der Waals surface area contributed by atoms with Crippen LogP contribution in [0.4, 0.5) is 0 Å². The highest BCUT2D eigenvalue weighted by atomic mass is 35.5. The fourth-order valence-corrected chi connectivity index (χ4v) is 2.07. The van der Waals surface area contributed by atoms with Gasteiger partial charge in [0.05, 0.1) is 11.6 Å². The highest BCUT2D eigenvalue weighted by Gasteiger charge is 2.10. The molecule has 0 aliphatic rings. The van der Waals surface area contributed by atoms with E-state index in [1.54, 1.807) is 13.2 Å². The first-order valence-corrected chi connectivity index (χ1v) is 6.23. The molecule has 17 heavy (non-hydrogen) atoms. The van der Waals surface area contributed by atoms with Crippen molar-refractivity contribution in [3.63, 3.8) is 0 Å². The van der Waals surface area contributed by atoms with Crippen LogP contribution < -0.4 is 5.32 Å². The van der Waals surface area contributed by atoms with Crippen molar-refractivity contribution in [3.8, 4) is 5.75 Å². The molecule has 0 bridgehead atoms. The van der Waals surface area contributed by atoms with Gasteiger partial charge in [-0.2, -0.15) is 0 Å². The molecule has 5 heteroatoms. The van der Waals surface area contributed by atoms with Crippen LogP contribution >= 0.6 is 23.2 Å². The summed E-state index contributed by atoms with van der Waals surface area (Å²) in [5, 5.41) is 13.8. The van der Waals surface area contributed by atoms with Crippen molar-refractivity contribution in [2.24, 2.45) is 0 Å². The number of hydrogen-bond acceptors (Lipinski definition) is 3. The molecule has 2 N–H and O–H groups in total. The number of nitrogens with one attached hydrogen (secondary N) is 1. The van der Waals surface area contributed by atoms with Crippen molar-refractivity contribution in [2.75, 3.05) is 13.7 Å². The average Bonchev–Trinajstić information content (AvgIpc) is 2.30. The molecule has 0 saturated carbocycles. The van der Waals surface area contributed by atoms with Gasteiger partial charge in [-0.25, -0.2) is 0 Å². The van der Waals surface area contributed by atoms with Crippen LogP contribution in [0.3, 0.4) is 0 Å². The Morgan fingerprint density at radius 2 is 2.12 bits per heavy atom. The Hall–Kier alpha value is -0.480. The monoisotopic (exact) mass is 277 g/mol. The van der Waals surface area contributed by atoms with Crippen molar-refractivity contribution >= 4 is 23.2 Å². The predicted molar refractivity (Wildman–Crippen MR) is 70.9 cm³/mol. The smallest absolute Gasteiger partial charge is 0.138 e. The van der Waals surface area contributed by atoms with Crippen LogP contribution in [0.1, 0.15) is 18.9 Å². The SMILES string of the molecule is CCC(COC)NCc1cc(Cl)cc(Cl)c1O. The van der Waals surface area contributed by atoms with Crippen LogP contribution in [-0.2, 0) is 11.3 Å². The molecule has 0 amide bonds. The van der Waals surface area contributed by atoms with E-state index in [-0.39, 0.29) is 16.8 Å². The lowest BCUT2D eigenvalue weighted by molar-refractivity contribution is 0.163. The summed E-state index contributed by atoms with van der Waals surface area (Å²) in [6.07, 6.45) is 0.947. The van der Waals surface area contributed by atoms with Crippen molar-refractivity contribution in [3.05, 3.63) is 27.7 Å². The van der Waals surface area contributed by atoms with Crippen LogP contribution in [0, 0.1) is 0 Å². The van der Waals surface area contributed by atoms with E-state index in [0.717, 1.165) is 6.42 Å². The highest BCUT2D eigenvalue weighted by molar-refractivity contribution is 6.35. The molecule has 1 atom stereocenters. The molecular weight excluding hydrogens is 261 g/mol. The number of halogens is 2. The number of hydrogen-bond donors (Lipinski definition) is 2. The van der Waals surface area contributed by atoms with E-state index in [1.807, 2.05) is 0 Å². The lowest BCUT2D eigenvalue weighted by Gasteiger charge is -2.16. The lowest BCUT2D eigenvalue weighted by Crippen LogP contribution is -2.32. The molecule has 0 aliphatic heterocycles. The second-order valence-electron chi connectivity index (χ2n) is 3.84. The maximum atomic E-state index is 9.78. The topological polar surface area (TPSA) is 41.5 Å². The van der Waals surface area contributed by atoms with Gasteiger partial charge < -0.3 is 15.2 Å². The number of phenols is 1. The number of benzene rings is 1. The van der Waals surface area contributed by atoms with Crippen molar-refractivity contribution in [2.45, 2.75) is 25.9 Å². The molecule has 3 nitrogen and oxygen atoms in total. The molecule has 1 rings (SSSR count). The molecule has 1 unspecified atom stereocenters. The van der Waals surface area contributed by atoms with E-state index in [0.29, 0.717) is 23.7 Å². The summed E-state index contributed by atoms with van der Waals surface area (Å²) in [4.78, 5) is 0. The van der Waals surface area contributed by atoms with Crippen LogP contribution in [0.2, 0.25) is 10.0 Å². The number of methoxy groups -OCH3 is 1. The first-order chi connectivity index (χ1) is 8.08. The quantitative estimate of drug-likeness (QED) is 0.839. The number of rotatable bonds is 6. The Bertz CT molecular complexity index is 372. The minimum absolute atomic E-state index is 0.0795. The molecule has 0 spiro atoms. The fourth-order valence-electron chi connectivity index (χ4n) is 1.53. The van der Waals surface area contributed by atoms with E-state index in [9.17, 15) is 5.11 Å². The van der Waals surface area contributed by atoms with Crippen LogP contribution in [0.25, 0.3) is 0 Å².